The number of Topliss-reactive ketones (excluding diaryl/α,β-unsaturated/α-hetero) is 1. The Morgan fingerprint density at radius 1 is 1.23 bits per heavy atom. The third-order valence-corrected chi connectivity index (χ3v) is 6.75. The molecule has 0 saturated heterocycles. The lowest BCUT2D eigenvalue weighted by molar-refractivity contribution is 0.102. The molecular formula is C21H20ClN5OS2. The average Bonchev–Trinajstić information content (AvgIpc) is 3.45. The molecule has 3 aromatic heterocycles. The van der Waals surface area contributed by atoms with Crippen LogP contribution in [0.25, 0.3) is 16.5 Å². The summed E-state index contributed by atoms with van der Waals surface area (Å²) in [5, 5.41) is 12.8. The molecule has 0 aliphatic rings. The van der Waals surface area contributed by atoms with Crippen LogP contribution in [0.2, 0.25) is 5.02 Å². The minimum Gasteiger partial charge on any atom is -0.302 e. The molecular weight excluding hydrogens is 438 g/mol. The highest BCUT2D eigenvalue weighted by atomic mass is 35.5. The maximum absolute atomic E-state index is 13.0. The predicted octanol–water partition coefficient (Wildman–Crippen LogP) is 5.46. The Balaban J connectivity index is 1.55. The number of thiazole rings is 1. The zero-order chi connectivity index (χ0) is 21.3. The van der Waals surface area contributed by atoms with Gasteiger partial charge >= 0.3 is 0 Å². The van der Waals surface area contributed by atoms with E-state index in [0.717, 1.165) is 33.1 Å². The monoisotopic (exact) mass is 457 g/mol. The number of carbonyl (C=O) groups is 1. The van der Waals surface area contributed by atoms with E-state index in [1.807, 2.05) is 65.6 Å². The van der Waals surface area contributed by atoms with Crippen LogP contribution in [-0.4, -0.2) is 35.9 Å². The summed E-state index contributed by atoms with van der Waals surface area (Å²) < 4.78 is 4.02. The van der Waals surface area contributed by atoms with Gasteiger partial charge in [0.1, 0.15) is 0 Å². The molecule has 154 valence electrons. The van der Waals surface area contributed by atoms with Crippen LogP contribution < -0.4 is 0 Å². The summed E-state index contributed by atoms with van der Waals surface area (Å²) >= 11 is 9.07. The first-order valence-electron chi connectivity index (χ1n) is 9.43. The van der Waals surface area contributed by atoms with Crippen molar-refractivity contribution in [2.24, 2.45) is 0 Å². The summed E-state index contributed by atoms with van der Waals surface area (Å²) in [4.78, 5) is 17.3. The molecule has 0 N–H and O–H groups in total. The molecule has 0 aliphatic heterocycles. The molecule has 0 aliphatic carbocycles. The molecule has 0 radical (unpaired) electrons. The number of thioether (sulfide) groups is 1. The molecule has 0 amide bonds. The number of hydrogen-bond acceptors (Lipinski definition) is 6. The fraction of sp³-hybridized carbons (Fsp3) is 0.238. The molecule has 30 heavy (non-hydrogen) atoms. The molecule has 0 bridgehead atoms. The average molecular weight is 458 g/mol. The van der Waals surface area contributed by atoms with Gasteiger partial charge in [-0.1, -0.05) is 35.5 Å². The Bertz CT molecular complexity index is 1200. The summed E-state index contributed by atoms with van der Waals surface area (Å²) in [5.74, 6) is 1.10. The van der Waals surface area contributed by atoms with E-state index in [1.54, 1.807) is 17.5 Å². The normalized spacial score (nSPS) is 11.2. The van der Waals surface area contributed by atoms with E-state index in [0.29, 0.717) is 17.1 Å². The second-order valence-electron chi connectivity index (χ2n) is 6.71. The quantitative estimate of drug-likeness (QED) is 0.272. The van der Waals surface area contributed by atoms with Gasteiger partial charge in [0.15, 0.2) is 21.9 Å². The van der Waals surface area contributed by atoms with Gasteiger partial charge in [-0.2, -0.15) is 0 Å². The standard InChI is InChI=1S/C21H20ClN5OS2/c1-4-26-19(15-6-5-7-16(22)11-15)24-25-21(26)30-12-18(28)17-10-13(2)27(14(17)3)20-23-8-9-29-20/h5-11H,4,12H2,1-3H3. The van der Waals surface area contributed by atoms with E-state index >= 15 is 0 Å². The van der Waals surface area contributed by atoms with Crippen molar-refractivity contribution < 1.29 is 4.79 Å². The molecule has 1 aromatic carbocycles. The van der Waals surface area contributed by atoms with Crippen LogP contribution in [-0.2, 0) is 6.54 Å². The van der Waals surface area contributed by atoms with Gasteiger partial charge in [0.25, 0.3) is 0 Å². The largest absolute Gasteiger partial charge is 0.302 e. The van der Waals surface area contributed by atoms with Gasteiger partial charge in [0.2, 0.25) is 0 Å². The van der Waals surface area contributed by atoms with Gasteiger partial charge in [0, 0.05) is 45.7 Å². The van der Waals surface area contributed by atoms with Crippen LogP contribution in [0.3, 0.4) is 0 Å². The van der Waals surface area contributed by atoms with Crippen molar-refractivity contribution in [3.63, 3.8) is 0 Å². The summed E-state index contributed by atoms with van der Waals surface area (Å²) in [7, 11) is 0. The number of hydrogen-bond donors (Lipinski definition) is 0. The predicted molar refractivity (Wildman–Crippen MR) is 122 cm³/mol. The van der Waals surface area contributed by atoms with E-state index in [1.165, 1.54) is 11.8 Å². The highest BCUT2D eigenvalue weighted by molar-refractivity contribution is 7.99. The molecule has 0 spiro atoms. The molecule has 6 nitrogen and oxygen atoms in total. The summed E-state index contributed by atoms with van der Waals surface area (Å²) in [6.45, 7) is 6.68. The first-order chi connectivity index (χ1) is 14.5. The molecule has 0 unspecified atom stereocenters. The van der Waals surface area contributed by atoms with Crippen molar-refractivity contribution >= 4 is 40.5 Å². The van der Waals surface area contributed by atoms with Crippen LogP contribution >= 0.6 is 34.7 Å². The van der Waals surface area contributed by atoms with Crippen LogP contribution in [0.4, 0.5) is 0 Å². The molecule has 4 aromatic rings. The summed E-state index contributed by atoms with van der Waals surface area (Å²) in [5.41, 5.74) is 3.52. The minimum atomic E-state index is 0.0610. The molecule has 3 heterocycles. The molecule has 9 heteroatoms. The maximum Gasteiger partial charge on any atom is 0.193 e. The van der Waals surface area contributed by atoms with Crippen LogP contribution in [0, 0.1) is 13.8 Å². The smallest absolute Gasteiger partial charge is 0.193 e. The minimum absolute atomic E-state index is 0.0610. The Morgan fingerprint density at radius 3 is 2.77 bits per heavy atom. The first-order valence-corrected chi connectivity index (χ1v) is 11.7. The SMILES string of the molecule is CCn1c(SCC(=O)c2cc(C)n(-c3nccs3)c2C)nnc1-c1cccc(Cl)c1. The number of carbonyl (C=O) groups excluding carboxylic acids is 1. The number of aromatic nitrogens is 5. The number of ketones is 1. The number of nitrogens with zero attached hydrogens (tertiary/aromatic N) is 5. The summed E-state index contributed by atoms with van der Waals surface area (Å²) in [6.07, 6.45) is 1.77. The fourth-order valence-corrected chi connectivity index (χ4v) is 5.22. The second-order valence-corrected chi connectivity index (χ2v) is 8.96. The van der Waals surface area contributed by atoms with E-state index in [4.69, 9.17) is 11.6 Å². The van der Waals surface area contributed by atoms with Gasteiger partial charge in [-0.25, -0.2) is 4.98 Å². The van der Waals surface area contributed by atoms with Gasteiger partial charge in [-0.15, -0.1) is 21.5 Å². The van der Waals surface area contributed by atoms with Gasteiger partial charge in [-0.3, -0.25) is 9.36 Å². The van der Waals surface area contributed by atoms with Gasteiger partial charge in [-0.05, 0) is 39.0 Å². The second kappa shape index (κ2) is 8.75. The summed E-state index contributed by atoms with van der Waals surface area (Å²) in [6, 6.07) is 9.47. The lowest BCUT2D eigenvalue weighted by Crippen LogP contribution is -2.07. The van der Waals surface area contributed by atoms with E-state index < -0.39 is 0 Å². The van der Waals surface area contributed by atoms with Crippen LogP contribution in [0.5, 0.6) is 0 Å². The fourth-order valence-electron chi connectivity index (χ4n) is 3.40. The third kappa shape index (κ3) is 3.95. The highest BCUT2D eigenvalue weighted by Gasteiger charge is 2.20. The molecule has 0 fully saturated rings. The van der Waals surface area contributed by atoms with Crippen molar-refractivity contribution in [1.29, 1.82) is 0 Å². The van der Waals surface area contributed by atoms with Crippen LogP contribution in [0.15, 0.2) is 47.1 Å². The van der Waals surface area contributed by atoms with E-state index in [2.05, 4.69) is 15.2 Å². The molecule has 4 rings (SSSR count). The van der Waals surface area contributed by atoms with Gasteiger partial charge < -0.3 is 4.57 Å². The van der Waals surface area contributed by atoms with Crippen molar-refractivity contribution in [2.75, 3.05) is 5.75 Å². The Hall–Kier alpha value is -2.42. The lowest BCUT2D eigenvalue weighted by atomic mass is 10.2. The van der Waals surface area contributed by atoms with Crippen molar-refractivity contribution in [1.82, 2.24) is 24.3 Å². The van der Waals surface area contributed by atoms with Crippen molar-refractivity contribution in [3.05, 3.63) is 63.9 Å². The Morgan fingerprint density at radius 2 is 2.07 bits per heavy atom. The van der Waals surface area contributed by atoms with Crippen molar-refractivity contribution in [2.45, 2.75) is 32.5 Å². The first kappa shape index (κ1) is 20.8. The molecule has 0 saturated carbocycles. The lowest BCUT2D eigenvalue weighted by Gasteiger charge is -2.08. The zero-order valence-corrected chi connectivity index (χ0v) is 19.2. The molecule has 0 atom stereocenters. The number of benzene rings is 1. The maximum atomic E-state index is 13.0. The van der Waals surface area contributed by atoms with Gasteiger partial charge in [0.05, 0.1) is 5.75 Å². The zero-order valence-electron chi connectivity index (χ0n) is 16.8. The van der Waals surface area contributed by atoms with Crippen molar-refractivity contribution in [3.8, 4) is 16.5 Å². The Kier molecular flexibility index (Phi) is 6.08. The number of halogens is 1. The van der Waals surface area contributed by atoms with Crippen LogP contribution in [0.1, 0.15) is 28.7 Å². The van der Waals surface area contributed by atoms with E-state index in [-0.39, 0.29) is 11.5 Å². The number of aryl methyl sites for hydroxylation is 1. The topological polar surface area (TPSA) is 65.6 Å². The third-order valence-electron chi connectivity index (χ3n) is 4.79. The number of rotatable bonds is 7. The highest BCUT2D eigenvalue weighted by Crippen LogP contribution is 2.28. The Labute approximate surface area is 187 Å². The van der Waals surface area contributed by atoms with E-state index in [9.17, 15) is 4.79 Å².